The van der Waals surface area contributed by atoms with Crippen LogP contribution in [0.25, 0.3) is 0 Å². The van der Waals surface area contributed by atoms with Gasteiger partial charge in [0.25, 0.3) is 0 Å². The lowest BCUT2D eigenvalue weighted by Gasteiger charge is -2.30. The number of nitrogens with zero attached hydrogens (tertiary/aromatic N) is 2. The summed E-state index contributed by atoms with van der Waals surface area (Å²) in [6, 6.07) is 1.81. The Labute approximate surface area is 127 Å². The van der Waals surface area contributed by atoms with Gasteiger partial charge in [-0.2, -0.15) is 12.7 Å². The molecule has 0 aromatic carbocycles. The number of nitrogens with one attached hydrogen (secondary N) is 1. The number of hydrogen-bond donors (Lipinski definition) is 2. The molecule has 0 aliphatic carbocycles. The van der Waals surface area contributed by atoms with E-state index in [9.17, 15) is 8.42 Å². The van der Waals surface area contributed by atoms with Gasteiger partial charge in [-0.05, 0) is 53.2 Å². The highest BCUT2D eigenvalue weighted by atomic mass is 79.9. The molecule has 6 nitrogen and oxygen atoms in total. The molecule has 1 fully saturated rings. The quantitative estimate of drug-likeness (QED) is 0.849. The Morgan fingerprint density at radius 3 is 2.70 bits per heavy atom. The summed E-state index contributed by atoms with van der Waals surface area (Å²) in [5.74, 6) is 0.548. The Balaban J connectivity index is 2.08. The SMILES string of the molecule is Cc1cc(Br)cnc1NS(=O)(=O)N1CCC(CO)CC1. The zero-order valence-corrected chi connectivity index (χ0v) is 13.6. The maximum absolute atomic E-state index is 12.3. The molecule has 20 heavy (non-hydrogen) atoms. The van der Waals surface area contributed by atoms with E-state index in [1.165, 1.54) is 4.31 Å². The molecule has 1 saturated heterocycles. The van der Waals surface area contributed by atoms with Crippen LogP contribution >= 0.6 is 15.9 Å². The summed E-state index contributed by atoms with van der Waals surface area (Å²) in [4.78, 5) is 4.09. The molecule has 8 heteroatoms. The van der Waals surface area contributed by atoms with Gasteiger partial charge in [-0.3, -0.25) is 4.72 Å². The highest BCUT2D eigenvalue weighted by Gasteiger charge is 2.28. The second-order valence-electron chi connectivity index (χ2n) is 4.95. The van der Waals surface area contributed by atoms with Crippen LogP contribution in [0, 0.1) is 12.8 Å². The zero-order valence-electron chi connectivity index (χ0n) is 11.2. The average Bonchev–Trinajstić information content (AvgIpc) is 2.42. The fourth-order valence-corrected chi connectivity index (χ4v) is 3.89. The van der Waals surface area contributed by atoms with Gasteiger partial charge in [-0.1, -0.05) is 0 Å². The van der Waals surface area contributed by atoms with Crippen LogP contribution in [0.3, 0.4) is 0 Å². The van der Waals surface area contributed by atoms with E-state index in [0.717, 1.165) is 10.0 Å². The molecule has 0 saturated carbocycles. The monoisotopic (exact) mass is 363 g/mol. The lowest BCUT2D eigenvalue weighted by atomic mass is 10.00. The van der Waals surface area contributed by atoms with E-state index < -0.39 is 10.2 Å². The first kappa shape index (κ1) is 15.7. The molecule has 2 N–H and O–H groups in total. The van der Waals surface area contributed by atoms with Crippen LogP contribution in [0.2, 0.25) is 0 Å². The molecule has 0 unspecified atom stereocenters. The molecular formula is C12H18BrN3O3S. The molecule has 2 rings (SSSR count). The molecule has 112 valence electrons. The van der Waals surface area contributed by atoms with Crippen molar-refractivity contribution >= 4 is 32.0 Å². The predicted molar refractivity (Wildman–Crippen MR) is 80.6 cm³/mol. The second kappa shape index (κ2) is 6.38. The normalized spacial score (nSPS) is 18.1. The molecule has 0 atom stereocenters. The Morgan fingerprint density at radius 1 is 1.50 bits per heavy atom. The number of pyridine rings is 1. The maximum atomic E-state index is 12.3. The third kappa shape index (κ3) is 3.69. The van der Waals surface area contributed by atoms with Crippen molar-refractivity contribution in [2.24, 2.45) is 5.92 Å². The van der Waals surface area contributed by atoms with Crippen LogP contribution in [-0.4, -0.2) is 42.5 Å². The second-order valence-corrected chi connectivity index (χ2v) is 7.54. The first-order valence-electron chi connectivity index (χ1n) is 6.43. The Morgan fingerprint density at radius 2 is 2.15 bits per heavy atom. The molecule has 2 heterocycles. The number of aliphatic hydroxyl groups excluding tert-OH is 1. The van der Waals surface area contributed by atoms with Crippen LogP contribution in [0.15, 0.2) is 16.7 Å². The molecular weight excluding hydrogens is 346 g/mol. The van der Waals surface area contributed by atoms with Crippen LogP contribution < -0.4 is 4.72 Å². The summed E-state index contributed by atoms with van der Waals surface area (Å²) in [6.07, 6.45) is 2.93. The minimum Gasteiger partial charge on any atom is -0.396 e. The van der Waals surface area contributed by atoms with E-state index in [1.54, 1.807) is 13.1 Å². The van der Waals surface area contributed by atoms with E-state index in [0.29, 0.717) is 31.7 Å². The lowest BCUT2D eigenvalue weighted by Crippen LogP contribution is -2.42. The van der Waals surface area contributed by atoms with Gasteiger partial charge >= 0.3 is 10.2 Å². The highest BCUT2D eigenvalue weighted by molar-refractivity contribution is 9.10. The van der Waals surface area contributed by atoms with Crippen molar-refractivity contribution in [1.29, 1.82) is 0 Å². The Bertz CT molecular complexity index is 571. The van der Waals surface area contributed by atoms with Gasteiger partial charge in [0.15, 0.2) is 0 Å². The van der Waals surface area contributed by atoms with E-state index in [1.807, 2.05) is 6.07 Å². The summed E-state index contributed by atoms with van der Waals surface area (Å²) in [7, 11) is -3.58. The number of piperidine rings is 1. The van der Waals surface area contributed by atoms with Crippen molar-refractivity contribution in [1.82, 2.24) is 9.29 Å². The third-order valence-electron chi connectivity index (χ3n) is 3.44. The third-order valence-corrected chi connectivity index (χ3v) is 5.37. The largest absolute Gasteiger partial charge is 0.396 e. The number of aromatic nitrogens is 1. The number of hydrogen-bond acceptors (Lipinski definition) is 4. The summed E-state index contributed by atoms with van der Waals surface area (Å²) in [5, 5.41) is 9.08. The average molecular weight is 364 g/mol. The summed E-state index contributed by atoms with van der Waals surface area (Å²) in [5.41, 5.74) is 0.758. The number of aryl methyl sites for hydroxylation is 1. The van der Waals surface area contributed by atoms with E-state index >= 15 is 0 Å². The first-order chi connectivity index (χ1) is 9.42. The molecule has 1 aliphatic heterocycles. The minimum atomic E-state index is -3.58. The van der Waals surface area contributed by atoms with Crippen LogP contribution in [0.1, 0.15) is 18.4 Å². The van der Waals surface area contributed by atoms with Gasteiger partial charge in [-0.25, -0.2) is 4.98 Å². The van der Waals surface area contributed by atoms with Crippen molar-refractivity contribution in [2.75, 3.05) is 24.4 Å². The van der Waals surface area contributed by atoms with Gasteiger partial charge in [0, 0.05) is 30.4 Å². The maximum Gasteiger partial charge on any atom is 0.302 e. The molecule has 0 bridgehead atoms. The summed E-state index contributed by atoms with van der Waals surface area (Å²) >= 11 is 3.29. The topological polar surface area (TPSA) is 82.5 Å². The van der Waals surface area contributed by atoms with E-state index in [2.05, 4.69) is 25.6 Å². The van der Waals surface area contributed by atoms with Gasteiger partial charge in [0.1, 0.15) is 5.82 Å². The van der Waals surface area contributed by atoms with Crippen LogP contribution in [-0.2, 0) is 10.2 Å². The standard InChI is InChI=1S/C12H18BrN3O3S/c1-9-6-11(13)7-14-12(9)15-20(18,19)16-4-2-10(8-17)3-5-16/h6-7,10,17H,2-5,8H2,1H3,(H,14,15). The summed E-state index contributed by atoms with van der Waals surface area (Å²) < 4.78 is 29.3. The van der Waals surface area contributed by atoms with E-state index in [-0.39, 0.29) is 12.5 Å². The Hall–Kier alpha value is -0.700. The number of halogens is 1. The molecule has 0 amide bonds. The fraction of sp³-hybridized carbons (Fsp3) is 0.583. The first-order valence-corrected chi connectivity index (χ1v) is 8.66. The van der Waals surface area contributed by atoms with Gasteiger partial charge in [0.2, 0.25) is 0 Å². The van der Waals surface area contributed by atoms with Crippen molar-refractivity contribution in [3.63, 3.8) is 0 Å². The van der Waals surface area contributed by atoms with Gasteiger partial charge in [-0.15, -0.1) is 0 Å². The van der Waals surface area contributed by atoms with Crippen molar-refractivity contribution in [2.45, 2.75) is 19.8 Å². The summed E-state index contributed by atoms with van der Waals surface area (Å²) in [6.45, 7) is 2.77. The van der Waals surface area contributed by atoms with E-state index in [4.69, 9.17) is 5.11 Å². The lowest BCUT2D eigenvalue weighted by molar-refractivity contribution is 0.170. The number of aliphatic hydroxyl groups is 1. The smallest absolute Gasteiger partial charge is 0.302 e. The van der Waals surface area contributed by atoms with Crippen LogP contribution in [0.4, 0.5) is 5.82 Å². The zero-order chi connectivity index (χ0) is 14.8. The fourth-order valence-electron chi connectivity index (χ4n) is 2.17. The number of anilines is 1. The van der Waals surface area contributed by atoms with Crippen molar-refractivity contribution < 1.29 is 13.5 Å². The Kier molecular flexibility index (Phi) is 5.00. The molecule has 0 radical (unpaired) electrons. The van der Waals surface area contributed by atoms with Crippen molar-refractivity contribution in [3.05, 3.63) is 22.3 Å². The molecule has 1 aromatic rings. The molecule has 0 spiro atoms. The molecule has 1 aliphatic rings. The van der Waals surface area contributed by atoms with Gasteiger partial charge in [0.05, 0.1) is 0 Å². The highest BCUT2D eigenvalue weighted by Crippen LogP contribution is 2.22. The predicted octanol–water partition coefficient (Wildman–Crippen LogP) is 1.51. The number of rotatable bonds is 4. The molecule has 1 aromatic heterocycles. The van der Waals surface area contributed by atoms with Crippen molar-refractivity contribution in [3.8, 4) is 0 Å². The van der Waals surface area contributed by atoms with Crippen LogP contribution in [0.5, 0.6) is 0 Å². The van der Waals surface area contributed by atoms with Gasteiger partial charge < -0.3 is 5.11 Å². The minimum absolute atomic E-state index is 0.120.